The number of hydrogen-bond acceptors (Lipinski definition) is 5. The van der Waals surface area contributed by atoms with Gasteiger partial charge in [0.05, 0.1) is 29.1 Å². The zero-order valence-electron chi connectivity index (χ0n) is 20.3. The van der Waals surface area contributed by atoms with Crippen LogP contribution in [0.2, 0.25) is 0 Å². The molecule has 0 unspecified atom stereocenters. The first-order chi connectivity index (χ1) is 15.8. The van der Waals surface area contributed by atoms with Gasteiger partial charge in [0.1, 0.15) is 12.2 Å². The highest BCUT2D eigenvalue weighted by Gasteiger charge is 2.25. The van der Waals surface area contributed by atoms with Gasteiger partial charge in [-0.25, -0.2) is 4.79 Å². The van der Waals surface area contributed by atoms with Gasteiger partial charge < -0.3 is 14.2 Å². The van der Waals surface area contributed by atoms with Gasteiger partial charge in [-0.2, -0.15) is 5.10 Å². The van der Waals surface area contributed by atoms with Gasteiger partial charge in [-0.05, 0) is 74.2 Å². The standard InChI is InChI=1S/C26H37BrN2O4/c1-26(2,3)33-23(30)18-32-17-20-12-10-19(11-13-20)16-29-25(21-8-6-5-7-9-21)24(27)22(28-29)14-15-31-4/h5-9,19-20H,10-18H2,1-4H3. The summed E-state index contributed by atoms with van der Waals surface area (Å²) in [6.07, 6.45) is 5.28. The lowest BCUT2D eigenvalue weighted by Crippen LogP contribution is -2.28. The number of methoxy groups -OCH3 is 1. The van der Waals surface area contributed by atoms with Gasteiger partial charge in [-0.3, -0.25) is 4.68 Å². The minimum absolute atomic E-state index is 0.0310. The molecule has 1 fully saturated rings. The monoisotopic (exact) mass is 520 g/mol. The van der Waals surface area contributed by atoms with Crippen molar-refractivity contribution in [2.75, 3.05) is 26.9 Å². The Morgan fingerprint density at radius 1 is 1.12 bits per heavy atom. The van der Waals surface area contributed by atoms with Gasteiger partial charge in [0.25, 0.3) is 0 Å². The molecule has 182 valence electrons. The van der Waals surface area contributed by atoms with Gasteiger partial charge in [0, 0.05) is 25.6 Å². The molecule has 2 aromatic rings. The van der Waals surface area contributed by atoms with Crippen molar-refractivity contribution in [2.45, 2.75) is 65.0 Å². The molecular formula is C26H37BrN2O4. The molecule has 1 saturated carbocycles. The molecule has 1 heterocycles. The topological polar surface area (TPSA) is 62.6 Å². The average molecular weight is 521 g/mol. The molecule has 33 heavy (non-hydrogen) atoms. The zero-order chi connectivity index (χ0) is 23.8. The van der Waals surface area contributed by atoms with Crippen molar-refractivity contribution in [1.29, 1.82) is 0 Å². The summed E-state index contributed by atoms with van der Waals surface area (Å²) in [5.41, 5.74) is 2.89. The molecule has 0 saturated heterocycles. The Hall–Kier alpha value is -1.70. The maximum atomic E-state index is 11.8. The molecule has 6 nitrogen and oxygen atoms in total. The van der Waals surface area contributed by atoms with E-state index in [-0.39, 0.29) is 12.6 Å². The second-order valence-electron chi connectivity index (χ2n) is 9.89. The third kappa shape index (κ3) is 7.94. The van der Waals surface area contributed by atoms with Crippen LogP contribution in [-0.2, 0) is 32.0 Å². The van der Waals surface area contributed by atoms with E-state index in [2.05, 4.69) is 44.9 Å². The molecule has 1 aliphatic carbocycles. The van der Waals surface area contributed by atoms with Crippen LogP contribution in [0.5, 0.6) is 0 Å². The molecule has 0 spiro atoms. The van der Waals surface area contributed by atoms with E-state index in [9.17, 15) is 4.79 Å². The summed E-state index contributed by atoms with van der Waals surface area (Å²) in [5.74, 6) is 0.786. The van der Waals surface area contributed by atoms with Gasteiger partial charge in [-0.15, -0.1) is 0 Å². The number of esters is 1. The summed E-state index contributed by atoms with van der Waals surface area (Å²) in [7, 11) is 1.72. The highest BCUT2D eigenvalue weighted by molar-refractivity contribution is 9.10. The fourth-order valence-electron chi connectivity index (χ4n) is 4.36. The maximum Gasteiger partial charge on any atom is 0.332 e. The molecule has 7 heteroatoms. The molecule has 1 aromatic heterocycles. The molecular weight excluding hydrogens is 484 g/mol. The lowest BCUT2D eigenvalue weighted by atomic mass is 9.82. The van der Waals surface area contributed by atoms with Gasteiger partial charge in [0.2, 0.25) is 0 Å². The van der Waals surface area contributed by atoms with Crippen molar-refractivity contribution in [3.63, 3.8) is 0 Å². The number of ether oxygens (including phenoxy) is 3. The summed E-state index contributed by atoms with van der Waals surface area (Å²) in [5, 5.41) is 4.95. The average Bonchev–Trinajstić information content (AvgIpc) is 3.07. The number of halogens is 1. The highest BCUT2D eigenvalue weighted by Crippen LogP contribution is 2.35. The number of aromatic nitrogens is 2. The normalized spacial score (nSPS) is 18.9. The van der Waals surface area contributed by atoms with E-state index in [1.807, 2.05) is 26.8 Å². The minimum atomic E-state index is -0.470. The Morgan fingerprint density at radius 3 is 2.42 bits per heavy atom. The summed E-state index contributed by atoms with van der Waals surface area (Å²) < 4.78 is 19.5. The lowest BCUT2D eigenvalue weighted by Gasteiger charge is -2.28. The fraction of sp³-hybridized carbons (Fsp3) is 0.615. The van der Waals surface area contributed by atoms with Crippen LogP contribution < -0.4 is 0 Å². The third-order valence-electron chi connectivity index (χ3n) is 5.94. The van der Waals surface area contributed by atoms with E-state index in [1.54, 1.807) is 7.11 Å². The van der Waals surface area contributed by atoms with Crippen molar-refractivity contribution in [2.24, 2.45) is 11.8 Å². The van der Waals surface area contributed by atoms with Crippen LogP contribution >= 0.6 is 15.9 Å². The first-order valence-corrected chi connectivity index (χ1v) is 12.6. The Labute approximate surface area is 206 Å². The van der Waals surface area contributed by atoms with Crippen molar-refractivity contribution in [3.8, 4) is 11.3 Å². The molecule has 1 aliphatic rings. The number of benzene rings is 1. The largest absolute Gasteiger partial charge is 0.458 e. The van der Waals surface area contributed by atoms with Crippen LogP contribution in [0.1, 0.15) is 52.1 Å². The highest BCUT2D eigenvalue weighted by atomic mass is 79.9. The minimum Gasteiger partial charge on any atom is -0.458 e. The Balaban J connectivity index is 1.55. The van der Waals surface area contributed by atoms with Crippen molar-refractivity contribution in [1.82, 2.24) is 9.78 Å². The zero-order valence-corrected chi connectivity index (χ0v) is 21.9. The summed E-state index contributed by atoms with van der Waals surface area (Å²) in [4.78, 5) is 11.8. The molecule has 3 rings (SSSR count). The van der Waals surface area contributed by atoms with Crippen molar-refractivity contribution < 1.29 is 19.0 Å². The molecule has 0 amide bonds. The third-order valence-corrected chi connectivity index (χ3v) is 6.78. The Morgan fingerprint density at radius 2 is 1.79 bits per heavy atom. The first-order valence-electron chi connectivity index (χ1n) is 11.9. The van der Waals surface area contributed by atoms with Gasteiger partial charge >= 0.3 is 5.97 Å². The number of carbonyl (C=O) groups excluding carboxylic acids is 1. The maximum absolute atomic E-state index is 11.8. The number of rotatable bonds is 10. The SMILES string of the molecule is COCCc1nn(CC2CCC(COCC(=O)OC(C)(C)C)CC2)c(-c2ccccc2)c1Br. The summed E-state index contributed by atoms with van der Waals surface area (Å²) in [6.45, 7) is 7.81. The van der Waals surface area contributed by atoms with Crippen LogP contribution in [0, 0.1) is 11.8 Å². The smallest absolute Gasteiger partial charge is 0.332 e. The fourth-order valence-corrected chi connectivity index (χ4v) is 5.07. The predicted octanol–water partition coefficient (Wildman–Crippen LogP) is 5.67. The van der Waals surface area contributed by atoms with Crippen LogP contribution in [0.25, 0.3) is 11.3 Å². The second-order valence-corrected chi connectivity index (χ2v) is 10.7. The van der Waals surface area contributed by atoms with Crippen molar-refractivity contribution in [3.05, 3.63) is 40.5 Å². The van der Waals surface area contributed by atoms with E-state index in [4.69, 9.17) is 19.3 Å². The van der Waals surface area contributed by atoms with E-state index >= 15 is 0 Å². The number of carbonyl (C=O) groups is 1. The Kier molecular flexibility index (Phi) is 9.53. The van der Waals surface area contributed by atoms with E-state index in [0.29, 0.717) is 25.0 Å². The van der Waals surface area contributed by atoms with Crippen molar-refractivity contribution >= 4 is 21.9 Å². The van der Waals surface area contributed by atoms with Gasteiger partial charge in [0.15, 0.2) is 0 Å². The lowest BCUT2D eigenvalue weighted by molar-refractivity contribution is -0.160. The number of nitrogens with zero attached hydrogens (tertiary/aromatic N) is 2. The van der Waals surface area contributed by atoms with E-state index < -0.39 is 5.60 Å². The molecule has 0 atom stereocenters. The van der Waals surface area contributed by atoms with E-state index in [0.717, 1.165) is 54.5 Å². The van der Waals surface area contributed by atoms with Crippen LogP contribution in [0.15, 0.2) is 34.8 Å². The van der Waals surface area contributed by atoms with Gasteiger partial charge in [-0.1, -0.05) is 30.3 Å². The van der Waals surface area contributed by atoms with E-state index in [1.165, 1.54) is 5.56 Å². The molecule has 1 aromatic carbocycles. The first kappa shape index (κ1) is 25.9. The summed E-state index contributed by atoms with van der Waals surface area (Å²) in [6, 6.07) is 10.4. The Bertz CT molecular complexity index is 884. The van der Waals surface area contributed by atoms with Crippen LogP contribution in [0.3, 0.4) is 0 Å². The quantitative estimate of drug-likeness (QED) is 0.378. The molecule has 0 aliphatic heterocycles. The molecule has 0 bridgehead atoms. The number of hydrogen-bond donors (Lipinski definition) is 0. The molecule has 0 N–H and O–H groups in total. The van der Waals surface area contributed by atoms with Crippen LogP contribution in [-0.4, -0.2) is 48.3 Å². The molecule has 0 radical (unpaired) electrons. The summed E-state index contributed by atoms with van der Waals surface area (Å²) >= 11 is 3.81. The predicted molar refractivity (Wildman–Crippen MR) is 133 cm³/mol. The second kappa shape index (κ2) is 12.1. The van der Waals surface area contributed by atoms with Crippen LogP contribution in [0.4, 0.5) is 0 Å².